The first-order chi connectivity index (χ1) is 10.1. The maximum Gasteiger partial charge on any atom is 0.257 e. The number of benzene rings is 2. The molecule has 2 aromatic rings. The van der Waals surface area contributed by atoms with Gasteiger partial charge >= 0.3 is 0 Å². The minimum atomic E-state index is -0.585. The second-order valence-electron chi connectivity index (χ2n) is 4.54. The molecule has 1 N–H and O–H groups in total. The van der Waals surface area contributed by atoms with Gasteiger partial charge in [0.25, 0.3) is 5.91 Å². The minimum Gasteiger partial charge on any atom is -0.395 e. The second-order valence-corrected chi connectivity index (χ2v) is 5.39. The van der Waals surface area contributed by atoms with Gasteiger partial charge in [0, 0.05) is 13.1 Å². The summed E-state index contributed by atoms with van der Waals surface area (Å²) in [4.78, 5) is 13.9. The summed E-state index contributed by atoms with van der Waals surface area (Å²) in [6.07, 6.45) is 0. The smallest absolute Gasteiger partial charge is 0.257 e. The first-order valence-corrected chi connectivity index (χ1v) is 7.31. The molecule has 0 saturated heterocycles. The molecule has 0 aromatic heterocycles. The highest BCUT2D eigenvalue weighted by molar-refractivity contribution is 9.10. The van der Waals surface area contributed by atoms with Crippen LogP contribution in [0.3, 0.4) is 0 Å². The molecule has 0 heterocycles. The SMILES string of the molecule is O=C(c1cccc(Br)c1F)N(CCO)Cc1ccccc1. The Morgan fingerprint density at radius 2 is 1.86 bits per heavy atom. The number of amides is 1. The van der Waals surface area contributed by atoms with Crippen LogP contribution in [0.15, 0.2) is 53.0 Å². The summed E-state index contributed by atoms with van der Waals surface area (Å²) in [6, 6.07) is 14.0. The number of nitrogens with zero attached hydrogens (tertiary/aromatic N) is 1. The number of hydrogen-bond donors (Lipinski definition) is 1. The summed E-state index contributed by atoms with van der Waals surface area (Å²) in [5.74, 6) is -1.02. The van der Waals surface area contributed by atoms with E-state index in [0.717, 1.165) is 5.56 Å². The summed E-state index contributed by atoms with van der Waals surface area (Å²) in [7, 11) is 0. The van der Waals surface area contributed by atoms with Crippen LogP contribution in [-0.4, -0.2) is 29.1 Å². The van der Waals surface area contributed by atoms with Gasteiger partial charge in [0.05, 0.1) is 16.6 Å². The van der Waals surface area contributed by atoms with Gasteiger partial charge in [0.2, 0.25) is 0 Å². The van der Waals surface area contributed by atoms with Crippen LogP contribution in [0.1, 0.15) is 15.9 Å². The topological polar surface area (TPSA) is 40.5 Å². The van der Waals surface area contributed by atoms with E-state index >= 15 is 0 Å². The summed E-state index contributed by atoms with van der Waals surface area (Å²) in [5, 5.41) is 9.14. The average Bonchev–Trinajstić information content (AvgIpc) is 2.50. The lowest BCUT2D eigenvalue weighted by Gasteiger charge is -2.22. The Kier molecular flexibility index (Phi) is 5.47. The highest BCUT2D eigenvalue weighted by Gasteiger charge is 2.20. The summed E-state index contributed by atoms with van der Waals surface area (Å²) in [6.45, 7) is 0.306. The molecule has 0 aliphatic carbocycles. The summed E-state index contributed by atoms with van der Waals surface area (Å²) in [5.41, 5.74) is 0.920. The molecule has 21 heavy (non-hydrogen) atoms. The zero-order chi connectivity index (χ0) is 15.2. The lowest BCUT2D eigenvalue weighted by atomic mass is 10.1. The van der Waals surface area contributed by atoms with Gasteiger partial charge in [-0.05, 0) is 33.6 Å². The van der Waals surface area contributed by atoms with Crippen LogP contribution >= 0.6 is 15.9 Å². The number of halogens is 2. The van der Waals surface area contributed by atoms with Crippen molar-refractivity contribution in [2.24, 2.45) is 0 Å². The van der Waals surface area contributed by atoms with E-state index in [1.54, 1.807) is 12.1 Å². The van der Waals surface area contributed by atoms with E-state index < -0.39 is 11.7 Å². The molecule has 0 spiro atoms. The number of aliphatic hydroxyl groups is 1. The highest BCUT2D eigenvalue weighted by atomic mass is 79.9. The number of carbonyl (C=O) groups is 1. The molecule has 0 aliphatic rings. The zero-order valence-electron chi connectivity index (χ0n) is 11.3. The molecule has 110 valence electrons. The normalized spacial score (nSPS) is 10.4. The van der Waals surface area contributed by atoms with Gasteiger partial charge in [-0.2, -0.15) is 0 Å². The van der Waals surface area contributed by atoms with Crippen LogP contribution in [-0.2, 0) is 6.54 Å². The van der Waals surface area contributed by atoms with Crippen molar-refractivity contribution in [3.8, 4) is 0 Å². The van der Waals surface area contributed by atoms with Crippen molar-refractivity contribution in [1.29, 1.82) is 0 Å². The Balaban J connectivity index is 2.25. The maximum absolute atomic E-state index is 14.0. The molecule has 1 amide bonds. The Morgan fingerprint density at radius 3 is 2.52 bits per heavy atom. The predicted molar refractivity (Wildman–Crippen MR) is 82.4 cm³/mol. The van der Waals surface area contributed by atoms with E-state index in [0.29, 0.717) is 6.54 Å². The standard InChI is InChI=1S/C16H15BrFNO2/c17-14-8-4-7-13(15(14)18)16(21)19(9-10-20)11-12-5-2-1-3-6-12/h1-8,20H,9-11H2. The van der Waals surface area contributed by atoms with E-state index in [2.05, 4.69) is 15.9 Å². The fourth-order valence-corrected chi connectivity index (χ4v) is 2.38. The van der Waals surface area contributed by atoms with Gasteiger partial charge in [-0.3, -0.25) is 4.79 Å². The third kappa shape index (κ3) is 3.89. The molecule has 0 radical (unpaired) electrons. The lowest BCUT2D eigenvalue weighted by molar-refractivity contribution is 0.0703. The van der Waals surface area contributed by atoms with E-state index in [1.165, 1.54) is 11.0 Å². The average molecular weight is 352 g/mol. The molecule has 3 nitrogen and oxygen atoms in total. The van der Waals surface area contributed by atoms with Gasteiger partial charge in [-0.1, -0.05) is 36.4 Å². The maximum atomic E-state index is 14.0. The van der Waals surface area contributed by atoms with Crippen molar-refractivity contribution in [1.82, 2.24) is 4.90 Å². The van der Waals surface area contributed by atoms with Crippen LogP contribution in [0.5, 0.6) is 0 Å². The van der Waals surface area contributed by atoms with Crippen molar-refractivity contribution in [2.45, 2.75) is 6.54 Å². The quantitative estimate of drug-likeness (QED) is 0.898. The number of aliphatic hydroxyl groups excluding tert-OH is 1. The minimum absolute atomic E-state index is 0.00578. The fraction of sp³-hybridized carbons (Fsp3) is 0.188. The van der Waals surface area contributed by atoms with Gasteiger partial charge in [0.1, 0.15) is 5.82 Å². The third-order valence-corrected chi connectivity index (χ3v) is 3.67. The molecule has 2 rings (SSSR count). The Morgan fingerprint density at radius 1 is 1.14 bits per heavy atom. The Labute approximate surface area is 131 Å². The van der Waals surface area contributed by atoms with Crippen LogP contribution in [0.25, 0.3) is 0 Å². The van der Waals surface area contributed by atoms with Crippen LogP contribution < -0.4 is 0 Å². The molecular weight excluding hydrogens is 337 g/mol. The molecule has 2 aromatic carbocycles. The third-order valence-electron chi connectivity index (χ3n) is 3.06. The van der Waals surface area contributed by atoms with E-state index in [-0.39, 0.29) is 23.2 Å². The molecule has 0 unspecified atom stereocenters. The van der Waals surface area contributed by atoms with Crippen LogP contribution in [0.2, 0.25) is 0 Å². The monoisotopic (exact) mass is 351 g/mol. The molecule has 0 bridgehead atoms. The molecule has 0 fully saturated rings. The van der Waals surface area contributed by atoms with Crippen molar-refractivity contribution in [3.05, 3.63) is 69.9 Å². The molecule has 0 saturated carbocycles. The van der Waals surface area contributed by atoms with Crippen molar-refractivity contribution in [2.75, 3.05) is 13.2 Å². The van der Waals surface area contributed by atoms with Crippen LogP contribution in [0.4, 0.5) is 4.39 Å². The van der Waals surface area contributed by atoms with E-state index in [1.807, 2.05) is 30.3 Å². The van der Waals surface area contributed by atoms with E-state index in [4.69, 9.17) is 5.11 Å². The number of rotatable bonds is 5. The predicted octanol–water partition coefficient (Wildman–Crippen LogP) is 3.22. The summed E-state index contributed by atoms with van der Waals surface area (Å²) >= 11 is 3.07. The van der Waals surface area contributed by atoms with Crippen molar-refractivity contribution >= 4 is 21.8 Å². The second kappa shape index (κ2) is 7.33. The van der Waals surface area contributed by atoms with Gasteiger partial charge in [0.15, 0.2) is 0 Å². The molecule has 5 heteroatoms. The Hall–Kier alpha value is -1.72. The van der Waals surface area contributed by atoms with Gasteiger partial charge in [-0.15, -0.1) is 0 Å². The Bertz CT molecular complexity index is 619. The lowest BCUT2D eigenvalue weighted by Crippen LogP contribution is -2.33. The van der Waals surface area contributed by atoms with Crippen LogP contribution in [0, 0.1) is 5.82 Å². The zero-order valence-corrected chi connectivity index (χ0v) is 12.9. The summed E-state index contributed by atoms with van der Waals surface area (Å²) < 4.78 is 14.3. The first-order valence-electron chi connectivity index (χ1n) is 6.51. The van der Waals surface area contributed by atoms with Gasteiger partial charge < -0.3 is 10.0 Å². The highest BCUT2D eigenvalue weighted by Crippen LogP contribution is 2.20. The molecule has 0 atom stereocenters. The van der Waals surface area contributed by atoms with Crippen molar-refractivity contribution in [3.63, 3.8) is 0 Å². The van der Waals surface area contributed by atoms with Gasteiger partial charge in [-0.25, -0.2) is 4.39 Å². The largest absolute Gasteiger partial charge is 0.395 e. The fourth-order valence-electron chi connectivity index (χ4n) is 2.02. The van der Waals surface area contributed by atoms with E-state index in [9.17, 15) is 9.18 Å². The van der Waals surface area contributed by atoms with Crippen molar-refractivity contribution < 1.29 is 14.3 Å². The number of hydrogen-bond acceptors (Lipinski definition) is 2. The first kappa shape index (κ1) is 15.7. The molecular formula is C16H15BrFNO2. The molecule has 0 aliphatic heterocycles. The number of carbonyl (C=O) groups excluding carboxylic acids is 1.